The SMILES string of the molecule is CC[Si](CC)(CC)c1cccc(Nc2ccccc2)c1. The number of benzene rings is 2. The van der Waals surface area contributed by atoms with Crippen molar-refractivity contribution in [3.8, 4) is 0 Å². The molecule has 0 amide bonds. The van der Waals surface area contributed by atoms with Gasteiger partial charge in [0.15, 0.2) is 0 Å². The number of para-hydroxylation sites is 1. The zero-order valence-corrected chi connectivity index (χ0v) is 13.8. The third-order valence-corrected chi connectivity index (χ3v) is 10.2. The fourth-order valence-electron chi connectivity index (χ4n) is 2.98. The van der Waals surface area contributed by atoms with E-state index < -0.39 is 8.07 Å². The van der Waals surface area contributed by atoms with E-state index in [4.69, 9.17) is 0 Å². The first kappa shape index (κ1) is 14.9. The molecule has 0 saturated heterocycles. The molecule has 0 spiro atoms. The number of rotatable bonds is 6. The second-order valence-electron chi connectivity index (χ2n) is 5.41. The largest absolute Gasteiger partial charge is 0.356 e. The molecule has 0 atom stereocenters. The maximum Gasteiger partial charge on any atom is 0.0860 e. The van der Waals surface area contributed by atoms with Crippen LogP contribution in [0.2, 0.25) is 18.1 Å². The summed E-state index contributed by atoms with van der Waals surface area (Å²) in [6, 6.07) is 23.4. The summed E-state index contributed by atoms with van der Waals surface area (Å²) >= 11 is 0. The average Bonchev–Trinajstić information content (AvgIpc) is 2.51. The van der Waals surface area contributed by atoms with Crippen LogP contribution in [0, 0.1) is 0 Å². The van der Waals surface area contributed by atoms with Gasteiger partial charge in [0.25, 0.3) is 0 Å². The van der Waals surface area contributed by atoms with Crippen LogP contribution < -0.4 is 10.5 Å². The number of hydrogen-bond donors (Lipinski definition) is 1. The minimum absolute atomic E-state index is 1.15. The van der Waals surface area contributed by atoms with Gasteiger partial charge in [-0.25, -0.2) is 0 Å². The van der Waals surface area contributed by atoms with Crippen LogP contribution in [0.25, 0.3) is 0 Å². The van der Waals surface area contributed by atoms with E-state index in [1.54, 1.807) is 5.19 Å². The lowest BCUT2D eigenvalue weighted by molar-refractivity contribution is 1.19. The lowest BCUT2D eigenvalue weighted by Gasteiger charge is -2.29. The molecule has 0 fully saturated rings. The summed E-state index contributed by atoms with van der Waals surface area (Å²) in [5.74, 6) is 0. The Kier molecular flexibility index (Phi) is 5.02. The zero-order valence-electron chi connectivity index (χ0n) is 12.8. The first-order valence-corrected chi connectivity index (χ1v) is 10.3. The molecule has 2 rings (SSSR count). The fraction of sp³-hybridized carbons (Fsp3) is 0.333. The van der Waals surface area contributed by atoms with Gasteiger partial charge >= 0.3 is 0 Å². The first-order valence-electron chi connectivity index (χ1n) is 7.66. The van der Waals surface area contributed by atoms with Crippen LogP contribution in [0.4, 0.5) is 11.4 Å². The molecule has 0 aromatic heterocycles. The van der Waals surface area contributed by atoms with Crippen molar-refractivity contribution in [2.24, 2.45) is 0 Å². The summed E-state index contributed by atoms with van der Waals surface area (Å²) in [6.07, 6.45) is 0. The highest BCUT2D eigenvalue weighted by Crippen LogP contribution is 2.22. The van der Waals surface area contributed by atoms with Gasteiger partial charge in [-0.2, -0.15) is 0 Å². The molecular formula is C18H25NSi. The van der Waals surface area contributed by atoms with Crippen LogP contribution in [0.15, 0.2) is 54.6 Å². The van der Waals surface area contributed by atoms with E-state index in [-0.39, 0.29) is 0 Å². The van der Waals surface area contributed by atoms with E-state index >= 15 is 0 Å². The Hall–Kier alpha value is -1.54. The molecule has 0 heterocycles. The monoisotopic (exact) mass is 283 g/mol. The van der Waals surface area contributed by atoms with Crippen LogP contribution in [0.3, 0.4) is 0 Å². The van der Waals surface area contributed by atoms with Crippen molar-refractivity contribution in [2.75, 3.05) is 5.32 Å². The van der Waals surface area contributed by atoms with Gasteiger partial charge < -0.3 is 5.32 Å². The fourth-order valence-corrected chi connectivity index (χ4v) is 6.61. The highest BCUT2D eigenvalue weighted by molar-refractivity contribution is 6.91. The van der Waals surface area contributed by atoms with Crippen molar-refractivity contribution in [3.05, 3.63) is 54.6 Å². The molecule has 0 unspecified atom stereocenters. The summed E-state index contributed by atoms with van der Waals surface area (Å²) in [6.45, 7) is 7.07. The Morgan fingerprint density at radius 2 is 1.35 bits per heavy atom. The van der Waals surface area contributed by atoms with Gasteiger partial charge in [-0.05, 0) is 24.3 Å². The van der Waals surface area contributed by atoms with Crippen molar-refractivity contribution < 1.29 is 0 Å². The molecule has 20 heavy (non-hydrogen) atoms. The van der Waals surface area contributed by atoms with Crippen molar-refractivity contribution in [2.45, 2.75) is 38.9 Å². The normalized spacial score (nSPS) is 11.3. The van der Waals surface area contributed by atoms with Crippen molar-refractivity contribution >= 4 is 24.6 Å². The summed E-state index contributed by atoms with van der Waals surface area (Å²) < 4.78 is 0. The van der Waals surface area contributed by atoms with Gasteiger partial charge in [0.2, 0.25) is 0 Å². The molecule has 1 N–H and O–H groups in total. The van der Waals surface area contributed by atoms with Gasteiger partial charge in [0, 0.05) is 11.4 Å². The maximum atomic E-state index is 3.51. The van der Waals surface area contributed by atoms with Crippen LogP contribution >= 0.6 is 0 Å². The predicted octanol–water partition coefficient (Wildman–Crippen LogP) is 5.15. The lowest BCUT2D eigenvalue weighted by atomic mass is 10.3. The maximum absolute atomic E-state index is 3.51. The summed E-state index contributed by atoms with van der Waals surface area (Å²) in [7, 11) is -1.28. The number of anilines is 2. The Labute approximate surface area is 124 Å². The van der Waals surface area contributed by atoms with Crippen LogP contribution in [0.1, 0.15) is 20.8 Å². The van der Waals surface area contributed by atoms with E-state index in [9.17, 15) is 0 Å². The standard InChI is InChI=1S/C18H25NSi/c1-4-20(5-2,6-3)18-14-10-13-17(15-18)19-16-11-8-7-9-12-16/h7-15,19H,4-6H2,1-3H3. The molecule has 2 aromatic rings. The van der Waals surface area contributed by atoms with Gasteiger partial charge in [-0.15, -0.1) is 0 Å². The van der Waals surface area contributed by atoms with Crippen molar-refractivity contribution in [1.29, 1.82) is 0 Å². The van der Waals surface area contributed by atoms with E-state index in [0.717, 1.165) is 5.69 Å². The minimum Gasteiger partial charge on any atom is -0.356 e. The second-order valence-corrected chi connectivity index (χ2v) is 10.7. The first-order chi connectivity index (χ1) is 9.74. The zero-order chi connectivity index (χ0) is 14.4. The second kappa shape index (κ2) is 6.75. The van der Waals surface area contributed by atoms with Crippen LogP contribution in [-0.4, -0.2) is 8.07 Å². The van der Waals surface area contributed by atoms with E-state index in [1.807, 2.05) is 6.07 Å². The molecular weight excluding hydrogens is 258 g/mol. The summed E-state index contributed by atoms with van der Waals surface area (Å²) in [5, 5.41) is 5.10. The van der Waals surface area contributed by atoms with Gasteiger partial charge in [-0.1, -0.05) is 74.4 Å². The summed E-state index contributed by atoms with van der Waals surface area (Å²) in [5.41, 5.74) is 2.36. The van der Waals surface area contributed by atoms with E-state index in [2.05, 4.69) is 74.6 Å². The smallest absolute Gasteiger partial charge is 0.0860 e. The van der Waals surface area contributed by atoms with Gasteiger partial charge in [0.05, 0.1) is 8.07 Å². The third kappa shape index (κ3) is 3.13. The average molecular weight is 283 g/mol. The third-order valence-electron chi connectivity index (χ3n) is 4.57. The van der Waals surface area contributed by atoms with Crippen molar-refractivity contribution in [1.82, 2.24) is 0 Å². The molecule has 1 nitrogen and oxygen atoms in total. The van der Waals surface area contributed by atoms with E-state index in [1.165, 1.54) is 23.8 Å². The topological polar surface area (TPSA) is 12.0 Å². The quantitative estimate of drug-likeness (QED) is 0.723. The Bertz CT molecular complexity index is 524. The molecule has 106 valence electrons. The number of hydrogen-bond acceptors (Lipinski definition) is 1. The summed E-state index contributed by atoms with van der Waals surface area (Å²) in [4.78, 5) is 0. The highest BCUT2D eigenvalue weighted by Gasteiger charge is 2.28. The Morgan fingerprint density at radius 1 is 0.750 bits per heavy atom. The Balaban J connectivity index is 2.28. The van der Waals surface area contributed by atoms with Crippen molar-refractivity contribution in [3.63, 3.8) is 0 Å². The van der Waals surface area contributed by atoms with Crippen LogP contribution in [-0.2, 0) is 0 Å². The van der Waals surface area contributed by atoms with Gasteiger partial charge in [-0.3, -0.25) is 0 Å². The van der Waals surface area contributed by atoms with Crippen LogP contribution in [0.5, 0.6) is 0 Å². The minimum atomic E-state index is -1.28. The lowest BCUT2D eigenvalue weighted by Crippen LogP contribution is -2.45. The number of nitrogens with one attached hydrogen (secondary N) is 1. The molecule has 0 radical (unpaired) electrons. The Morgan fingerprint density at radius 3 is 1.95 bits per heavy atom. The molecule has 0 aliphatic carbocycles. The molecule has 2 aromatic carbocycles. The molecule has 2 heteroatoms. The molecule has 0 bridgehead atoms. The highest BCUT2D eigenvalue weighted by atomic mass is 28.3. The predicted molar refractivity (Wildman–Crippen MR) is 93.0 cm³/mol. The molecule has 0 saturated carbocycles. The molecule has 0 aliphatic heterocycles. The van der Waals surface area contributed by atoms with E-state index in [0.29, 0.717) is 0 Å². The molecule has 0 aliphatic rings. The van der Waals surface area contributed by atoms with Gasteiger partial charge in [0.1, 0.15) is 0 Å².